The van der Waals surface area contributed by atoms with E-state index < -0.39 is 0 Å². The molecule has 0 aromatic heterocycles. The van der Waals surface area contributed by atoms with Gasteiger partial charge in [0.2, 0.25) is 0 Å². The summed E-state index contributed by atoms with van der Waals surface area (Å²) in [7, 11) is 2.03. The number of rotatable bonds is 7. The van der Waals surface area contributed by atoms with Gasteiger partial charge in [-0.3, -0.25) is 4.79 Å². The minimum atomic E-state index is -0.0973. The van der Waals surface area contributed by atoms with Crippen LogP contribution in [0.3, 0.4) is 0 Å². The van der Waals surface area contributed by atoms with Crippen molar-refractivity contribution in [1.82, 2.24) is 5.32 Å². The topological polar surface area (TPSA) is 33.5 Å². The summed E-state index contributed by atoms with van der Waals surface area (Å²) < 4.78 is 0. The molecule has 2 N–H and O–H groups in total. The fourth-order valence-electron chi connectivity index (χ4n) is 2.62. The minimum Gasteiger partial charge on any atom is -0.345 e. The van der Waals surface area contributed by atoms with Crippen LogP contribution < -0.4 is 10.2 Å². The van der Waals surface area contributed by atoms with Crippen LogP contribution >= 0.6 is 23.4 Å². The number of thioether (sulfide) groups is 1. The third kappa shape index (κ3) is 5.55. The van der Waals surface area contributed by atoms with Crippen LogP contribution in [0.5, 0.6) is 0 Å². The molecule has 0 aliphatic carbocycles. The van der Waals surface area contributed by atoms with Crippen LogP contribution in [0.1, 0.15) is 24.1 Å². The molecule has 3 nitrogen and oxygen atoms in total. The lowest BCUT2D eigenvalue weighted by Gasteiger charge is -2.18. The van der Waals surface area contributed by atoms with Crippen molar-refractivity contribution in [2.45, 2.75) is 24.4 Å². The zero-order valence-corrected chi connectivity index (χ0v) is 15.9. The molecule has 2 aromatic carbocycles. The zero-order chi connectivity index (χ0) is 17.5. The Morgan fingerprint density at radius 3 is 2.50 bits per heavy atom. The molecule has 0 heterocycles. The van der Waals surface area contributed by atoms with E-state index in [1.165, 1.54) is 10.5 Å². The van der Waals surface area contributed by atoms with Gasteiger partial charge in [-0.15, -0.1) is 11.8 Å². The predicted molar refractivity (Wildman–Crippen MR) is 102 cm³/mol. The number of benzene rings is 2. The Balaban J connectivity index is 1.85. The summed E-state index contributed by atoms with van der Waals surface area (Å²) in [5, 5.41) is 3.70. The number of nitrogens with one attached hydrogen (secondary N) is 2. The van der Waals surface area contributed by atoms with Crippen molar-refractivity contribution in [3.05, 3.63) is 64.7 Å². The van der Waals surface area contributed by atoms with E-state index in [4.69, 9.17) is 11.6 Å². The van der Waals surface area contributed by atoms with Gasteiger partial charge < -0.3 is 10.2 Å². The smallest absolute Gasteiger partial charge is 0.275 e. The number of quaternary nitrogens is 1. The first-order valence-corrected chi connectivity index (χ1v) is 9.58. The maximum Gasteiger partial charge on any atom is 0.275 e. The zero-order valence-electron chi connectivity index (χ0n) is 14.3. The van der Waals surface area contributed by atoms with E-state index in [2.05, 4.69) is 35.8 Å². The van der Waals surface area contributed by atoms with Gasteiger partial charge >= 0.3 is 0 Å². The number of amides is 1. The Bertz CT molecular complexity index is 675. The van der Waals surface area contributed by atoms with Crippen molar-refractivity contribution in [3.63, 3.8) is 0 Å². The average molecular weight is 364 g/mol. The second-order valence-electron chi connectivity index (χ2n) is 5.97. The highest BCUT2D eigenvalue weighted by Gasteiger charge is 2.15. The summed E-state index contributed by atoms with van der Waals surface area (Å²) in [4.78, 5) is 14.7. The molecule has 24 heavy (non-hydrogen) atoms. The highest BCUT2D eigenvalue weighted by molar-refractivity contribution is 7.98. The number of carbonyl (C=O) groups excluding carboxylic acids is 1. The molecule has 2 aromatic rings. The Morgan fingerprint density at radius 2 is 1.88 bits per heavy atom. The van der Waals surface area contributed by atoms with E-state index in [0.29, 0.717) is 11.6 Å². The van der Waals surface area contributed by atoms with E-state index in [-0.39, 0.29) is 11.9 Å². The van der Waals surface area contributed by atoms with Crippen LogP contribution in [0.2, 0.25) is 5.02 Å². The molecule has 128 valence electrons. The molecule has 0 saturated carbocycles. The van der Waals surface area contributed by atoms with Gasteiger partial charge in [0.25, 0.3) is 5.91 Å². The van der Waals surface area contributed by atoms with Gasteiger partial charge in [-0.1, -0.05) is 41.9 Å². The van der Waals surface area contributed by atoms with Gasteiger partial charge in [0.1, 0.15) is 6.54 Å². The third-order valence-electron chi connectivity index (χ3n) is 3.88. The largest absolute Gasteiger partial charge is 0.345 e. The Labute approximate surface area is 153 Å². The Hall–Kier alpha value is -1.49. The second-order valence-corrected chi connectivity index (χ2v) is 7.26. The predicted octanol–water partition coefficient (Wildman–Crippen LogP) is 2.95. The van der Waals surface area contributed by atoms with E-state index >= 15 is 0 Å². The fourth-order valence-corrected chi connectivity index (χ4v) is 3.33. The van der Waals surface area contributed by atoms with E-state index in [0.717, 1.165) is 17.0 Å². The van der Waals surface area contributed by atoms with Crippen LogP contribution in [0.15, 0.2) is 53.4 Å². The minimum absolute atomic E-state index is 0.0284. The lowest BCUT2D eigenvalue weighted by atomic mass is 10.1. The van der Waals surface area contributed by atoms with Gasteiger partial charge in [-0.05, 0) is 36.9 Å². The number of likely N-dealkylation sites (N-methyl/N-ethyl adjacent to an activating group) is 1. The molecule has 0 spiro atoms. The molecule has 1 unspecified atom stereocenters. The van der Waals surface area contributed by atoms with Crippen LogP contribution in [0, 0.1) is 0 Å². The number of hydrogen-bond acceptors (Lipinski definition) is 2. The molecule has 2 atom stereocenters. The highest BCUT2D eigenvalue weighted by atomic mass is 35.5. The Kier molecular flexibility index (Phi) is 7.16. The lowest BCUT2D eigenvalue weighted by molar-refractivity contribution is -0.885. The molecule has 0 aliphatic rings. The first kappa shape index (κ1) is 18.8. The van der Waals surface area contributed by atoms with Gasteiger partial charge in [-0.2, -0.15) is 0 Å². The van der Waals surface area contributed by atoms with Crippen LogP contribution in [0.4, 0.5) is 0 Å². The van der Waals surface area contributed by atoms with Gasteiger partial charge in [0, 0.05) is 15.5 Å². The lowest BCUT2D eigenvalue weighted by Crippen LogP contribution is -3.08. The van der Waals surface area contributed by atoms with Crippen molar-refractivity contribution < 1.29 is 9.69 Å². The molecular formula is C19H24ClN2OS+. The molecule has 0 radical (unpaired) electrons. The summed E-state index contributed by atoms with van der Waals surface area (Å²) in [6.45, 7) is 3.21. The maximum absolute atomic E-state index is 12.3. The van der Waals surface area contributed by atoms with E-state index in [1.54, 1.807) is 11.8 Å². The molecule has 0 bridgehead atoms. The second kappa shape index (κ2) is 9.11. The van der Waals surface area contributed by atoms with Crippen molar-refractivity contribution in [2.75, 3.05) is 19.8 Å². The molecule has 5 heteroatoms. The van der Waals surface area contributed by atoms with Gasteiger partial charge in [0.05, 0.1) is 13.1 Å². The maximum atomic E-state index is 12.3. The monoisotopic (exact) mass is 363 g/mol. The highest BCUT2D eigenvalue weighted by Crippen LogP contribution is 2.21. The quantitative estimate of drug-likeness (QED) is 0.741. The average Bonchev–Trinajstić information content (AvgIpc) is 2.55. The number of halogens is 1. The molecule has 0 saturated heterocycles. The summed E-state index contributed by atoms with van der Waals surface area (Å²) >= 11 is 7.91. The summed E-state index contributed by atoms with van der Waals surface area (Å²) in [5.74, 6) is 0.0284. The normalized spacial score (nSPS) is 13.3. The summed E-state index contributed by atoms with van der Waals surface area (Å²) in [6.07, 6.45) is 2.07. The number of carbonyl (C=O) groups is 1. The van der Waals surface area contributed by atoms with Crippen molar-refractivity contribution in [1.29, 1.82) is 0 Å². The number of hydrogen-bond donors (Lipinski definition) is 2. The van der Waals surface area contributed by atoms with Crippen LogP contribution in [-0.4, -0.2) is 25.8 Å². The van der Waals surface area contributed by atoms with Crippen LogP contribution in [-0.2, 0) is 11.3 Å². The van der Waals surface area contributed by atoms with Crippen molar-refractivity contribution in [2.24, 2.45) is 0 Å². The van der Waals surface area contributed by atoms with Gasteiger partial charge in [0.15, 0.2) is 6.54 Å². The molecule has 0 fully saturated rings. The fraction of sp³-hybridized carbons (Fsp3) is 0.316. The standard InChI is InChI=1S/C19H23ClN2OS/c1-14(17-6-4-5-7-18(17)20)21-19(23)13-22(2)12-15-8-10-16(24-3)11-9-15/h4-11,14H,12-13H2,1-3H3,(H,21,23)/p+1/t14-/m1/s1. The third-order valence-corrected chi connectivity index (χ3v) is 4.96. The first-order valence-electron chi connectivity index (χ1n) is 7.97. The van der Waals surface area contributed by atoms with Gasteiger partial charge in [-0.25, -0.2) is 0 Å². The van der Waals surface area contributed by atoms with Crippen molar-refractivity contribution >= 4 is 29.3 Å². The molecule has 2 rings (SSSR count). The van der Waals surface area contributed by atoms with E-state index in [1.807, 2.05) is 38.2 Å². The Morgan fingerprint density at radius 1 is 1.21 bits per heavy atom. The SMILES string of the molecule is CSc1ccc(C[NH+](C)CC(=O)N[C@H](C)c2ccccc2Cl)cc1. The molecule has 0 aliphatic heterocycles. The molecule has 1 amide bonds. The van der Waals surface area contributed by atoms with E-state index in [9.17, 15) is 4.79 Å². The summed E-state index contributed by atoms with van der Waals surface area (Å²) in [5.41, 5.74) is 2.18. The van der Waals surface area contributed by atoms with Crippen LogP contribution in [0.25, 0.3) is 0 Å². The molecular weight excluding hydrogens is 340 g/mol. The summed E-state index contributed by atoms with van der Waals surface area (Å²) in [6, 6.07) is 16.0. The van der Waals surface area contributed by atoms with Crippen molar-refractivity contribution in [3.8, 4) is 0 Å². The first-order chi connectivity index (χ1) is 11.5.